The minimum atomic E-state index is -0.888. The molecule has 0 radical (unpaired) electrons. The average Bonchev–Trinajstić information content (AvgIpc) is 3.11. The standard InChI is InChI=1S/C30H46O4.C15H10O7/c1-25(2)21-8-11-30(7)23(28(21,5)10-9-22(25)32)20(31)16-18-19-17-27(4,24(33)34)13-12-26(19,3)14-15-29(18,30)6;16-7-4-10(19)12-11(5-7)22-15(14(21)13(12)20)6-1-2-8(17)9(18)3-6/h16,19,21-23,32H,8-15,17H2,1-7H3,(H,33,34);1-5,16-19,21H. The fraction of sp³-hybridized carbons (Fsp3) is 0.578. The molecule has 1 aromatic heterocycles. The number of phenolic OH excluding ortho intramolecular Hbond substituents is 4. The van der Waals surface area contributed by atoms with Gasteiger partial charge in [-0.2, -0.15) is 0 Å². The third-order valence-corrected chi connectivity index (χ3v) is 16.2. The maximum absolute atomic E-state index is 14.2. The predicted octanol–water partition coefficient (Wildman–Crippen LogP) is 8.40. The van der Waals surface area contributed by atoms with Crippen molar-refractivity contribution >= 4 is 22.7 Å². The molecular formula is C45H56O11. The van der Waals surface area contributed by atoms with Crippen molar-refractivity contribution in [2.75, 3.05) is 0 Å². The Morgan fingerprint density at radius 3 is 2.12 bits per heavy atom. The van der Waals surface area contributed by atoms with E-state index in [2.05, 4.69) is 41.5 Å². The van der Waals surface area contributed by atoms with Gasteiger partial charge >= 0.3 is 5.97 Å². The number of aliphatic carboxylic acids is 1. The molecule has 2 aromatic carbocycles. The van der Waals surface area contributed by atoms with Crippen molar-refractivity contribution in [3.8, 4) is 40.1 Å². The highest BCUT2D eigenvalue weighted by Gasteiger charge is 2.70. The van der Waals surface area contributed by atoms with Crippen LogP contribution in [-0.4, -0.2) is 53.6 Å². The summed E-state index contributed by atoms with van der Waals surface area (Å²) >= 11 is 0. The van der Waals surface area contributed by atoms with Gasteiger partial charge in [-0.3, -0.25) is 14.4 Å². The molecule has 0 bridgehead atoms. The maximum Gasteiger partial charge on any atom is 0.309 e. The number of benzene rings is 2. The number of aromatic hydroxyl groups is 5. The van der Waals surface area contributed by atoms with Gasteiger partial charge in [-0.15, -0.1) is 0 Å². The Morgan fingerprint density at radius 2 is 1.46 bits per heavy atom. The lowest BCUT2D eigenvalue weighted by atomic mass is 9.33. The number of carboxylic acid groups (broad SMARTS) is 1. The predicted molar refractivity (Wildman–Crippen MR) is 209 cm³/mol. The Labute approximate surface area is 326 Å². The molecule has 11 nitrogen and oxygen atoms in total. The number of carbonyl (C=O) groups excluding carboxylic acids is 1. The molecule has 0 saturated heterocycles. The fourth-order valence-corrected chi connectivity index (χ4v) is 12.5. The van der Waals surface area contributed by atoms with Crippen LogP contribution in [0.25, 0.3) is 22.3 Å². The van der Waals surface area contributed by atoms with Crippen LogP contribution in [0.2, 0.25) is 0 Å². The minimum Gasteiger partial charge on any atom is -0.508 e. The van der Waals surface area contributed by atoms with E-state index in [1.54, 1.807) is 0 Å². The molecule has 9 atom stereocenters. The number of phenols is 4. The van der Waals surface area contributed by atoms with Crippen LogP contribution in [0.5, 0.6) is 28.7 Å². The number of fused-ring (bicyclic) bond motifs is 8. The maximum atomic E-state index is 14.2. The first-order valence-electron chi connectivity index (χ1n) is 19.8. The van der Waals surface area contributed by atoms with Crippen LogP contribution in [-0.2, 0) is 9.59 Å². The quantitative estimate of drug-likeness (QED) is 0.123. The number of hydrogen-bond donors (Lipinski definition) is 7. The molecule has 3 aromatic rings. The molecule has 56 heavy (non-hydrogen) atoms. The van der Waals surface area contributed by atoms with Gasteiger partial charge in [0.15, 0.2) is 23.0 Å². The molecule has 0 amide bonds. The summed E-state index contributed by atoms with van der Waals surface area (Å²) in [4.78, 5) is 38.6. The fourth-order valence-electron chi connectivity index (χ4n) is 12.5. The summed E-state index contributed by atoms with van der Waals surface area (Å²) in [7, 11) is 0. The number of allylic oxidation sites excluding steroid dienone is 2. The van der Waals surface area contributed by atoms with Crippen molar-refractivity contribution < 1.29 is 49.8 Å². The van der Waals surface area contributed by atoms with Crippen molar-refractivity contribution in [1.29, 1.82) is 0 Å². The molecule has 8 rings (SSSR count). The first-order valence-corrected chi connectivity index (χ1v) is 19.8. The monoisotopic (exact) mass is 772 g/mol. The van der Waals surface area contributed by atoms with E-state index in [4.69, 9.17) is 4.42 Å². The van der Waals surface area contributed by atoms with E-state index in [1.165, 1.54) is 11.6 Å². The van der Waals surface area contributed by atoms with Gasteiger partial charge in [0.1, 0.15) is 22.5 Å². The van der Waals surface area contributed by atoms with Gasteiger partial charge in [0, 0.05) is 23.6 Å². The second kappa shape index (κ2) is 12.7. The van der Waals surface area contributed by atoms with Gasteiger partial charge in [0.25, 0.3) is 0 Å². The molecule has 0 aliphatic heterocycles. The zero-order valence-corrected chi connectivity index (χ0v) is 33.4. The number of hydrogen-bond acceptors (Lipinski definition) is 10. The molecule has 9 unspecified atom stereocenters. The molecule has 5 aliphatic rings. The van der Waals surface area contributed by atoms with E-state index in [1.807, 2.05) is 13.0 Å². The summed E-state index contributed by atoms with van der Waals surface area (Å²) in [6, 6.07) is 5.64. The normalized spacial score (nSPS) is 37.1. The van der Waals surface area contributed by atoms with E-state index in [0.717, 1.165) is 75.6 Å². The van der Waals surface area contributed by atoms with E-state index in [0.29, 0.717) is 12.3 Å². The summed E-state index contributed by atoms with van der Waals surface area (Å²) in [5.74, 6) is -2.65. The highest BCUT2D eigenvalue weighted by molar-refractivity contribution is 5.96. The lowest BCUT2D eigenvalue weighted by Gasteiger charge is -2.70. The van der Waals surface area contributed by atoms with Crippen LogP contribution in [0.4, 0.5) is 0 Å². The number of aliphatic hydroxyl groups is 1. The average molecular weight is 773 g/mol. The summed E-state index contributed by atoms with van der Waals surface area (Å²) < 4.78 is 5.35. The highest BCUT2D eigenvalue weighted by Crippen LogP contribution is 2.75. The van der Waals surface area contributed by atoms with Crippen LogP contribution < -0.4 is 5.43 Å². The van der Waals surface area contributed by atoms with E-state index in [9.17, 15) is 50.1 Å². The Morgan fingerprint density at radius 1 is 0.786 bits per heavy atom. The van der Waals surface area contributed by atoms with Gasteiger partial charge in [-0.1, -0.05) is 47.1 Å². The zero-order chi connectivity index (χ0) is 41.1. The van der Waals surface area contributed by atoms with Crippen LogP contribution >= 0.6 is 0 Å². The molecule has 11 heteroatoms. The van der Waals surface area contributed by atoms with Crippen molar-refractivity contribution in [3.63, 3.8) is 0 Å². The number of aliphatic hydroxyl groups excluding tert-OH is 1. The van der Waals surface area contributed by atoms with Crippen molar-refractivity contribution in [1.82, 2.24) is 0 Å². The number of carbonyl (C=O) groups is 2. The Hall–Kier alpha value is -4.51. The van der Waals surface area contributed by atoms with E-state index >= 15 is 0 Å². The third-order valence-electron chi connectivity index (χ3n) is 16.2. The number of rotatable bonds is 2. The van der Waals surface area contributed by atoms with Crippen LogP contribution in [0.1, 0.15) is 106 Å². The summed E-state index contributed by atoms with van der Waals surface area (Å²) in [5.41, 5.74) is -0.748. The molecule has 0 spiro atoms. The molecule has 7 N–H and O–H groups in total. The second-order valence-electron chi connectivity index (χ2n) is 19.6. The summed E-state index contributed by atoms with van der Waals surface area (Å²) in [6.45, 7) is 15.8. The van der Waals surface area contributed by atoms with Crippen LogP contribution in [0.15, 0.2) is 51.2 Å². The number of ketones is 1. The summed E-state index contributed by atoms with van der Waals surface area (Å²) in [5, 5.41) is 68.5. The van der Waals surface area contributed by atoms with Crippen LogP contribution in [0.3, 0.4) is 0 Å². The lowest BCUT2D eigenvalue weighted by Crippen LogP contribution is -2.66. The van der Waals surface area contributed by atoms with Crippen LogP contribution in [0, 0.1) is 50.2 Å². The number of carboxylic acids is 1. The summed E-state index contributed by atoms with van der Waals surface area (Å²) in [6.07, 6.45) is 9.95. The van der Waals surface area contributed by atoms with Crippen molar-refractivity contribution in [3.05, 3.63) is 52.2 Å². The zero-order valence-electron chi connectivity index (χ0n) is 33.4. The van der Waals surface area contributed by atoms with Crippen molar-refractivity contribution in [2.24, 2.45) is 50.2 Å². The topological polar surface area (TPSA) is 206 Å². The smallest absolute Gasteiger partial charge is 0.309 e. The molecule has 4 saturated carbocycles. The van der Waals surface area contributed by atoms with Gasteiger partial charge in [0.05, 0.1) is 11.5 Å². The SMILES string of the molecule is CC1(C(=O)O)CCC2(C)CCC3(C)C(=CC(=O)C4C5(C)CCC(O)C(C)(C)C5CCC43C)C2C1.O=c1c(O)c(-c2ccc(O)c(O)c2)oc2cc(O)cc(O)c12. The Kier molecular flexibility index (Phi) is 9.04. The second-order valence-corrected chi connectivity index (χ2v) is 19.6. The molecule has 302 valence electrons. The van der Waals surface area contributed by atoms with E-state index < -0.39 is 34.1 Å². The first kappa shape index (κ1) is 39.7. The Balaban J connectivity index is 0.000000189. The van der Waals surface area contributed by atoms with Gasteiger partial charge in [-0.05, 0) is 128 Å². The molecule has 4 fully saturated rings. The lowest BCUT2D eigenvalue weighted by molar-refractivity contribution is -0.202. The van der Waals surface area contributed by atoms with Gasteiger partial charge in [0.2, 0.25) is 11.2 Å². The van der Waals surface area contributed by atoms with E-state index in [-0.39, 0.29) is 84.6 Å². The highest BCUT2D eigenvalue weighted by atomic mass is 16.4. The van der Waals surface area contributed by atoms with Crippen molar-refractivity contribution in [2.45, 2.75) is 112 Å². The Bertz CT molecular complexity index is 2240. The molecular weight excluding hydrogens is 716 g/mol. The first-order chi connectivity index (χ1) is 25.9. The minimum absolute atomic E-state index is 0.0296. The third kappa shape index (κ3) is 5.57. The largest absolute Gasteiger partial charge is 0.508 e. The molecule has 1 heterocycles. The van der Waals surface area contributed by atoms with Gasteiger partial charge < -0.3 is 40.2 Å². The van der Waals surface area contributed by atoms with Gasteiger partial charge in [-0.25, -0.2) is 0 Å². The molecule has 5 aliphatic carbocycles.